The largest absolute Gasteiger partial charge is 0.490 e. The molecule has 4 aromatic rings. The number of hydrogen-bond acceptors (Lipinski definition) is 6. The highest BCUT2D eigenvalue weighted by Gasteiger charge is 2.28. The molecule has 1 saturated heterocycles. The van der Waals surface area contributed by atoms with Crippen LogP contribution in [0.4, 0.5) is 0 Å². The van der Waals surface area contributed by atoms with E-state index in [4.69, 9.17) is 14.5 Å². The van der Waals surface area contributed by atoms with E-state index in [9.17, 15) is 4.79 Å². The van der Waals surface area contributed by atoms with Crippen molar-refractivity contribution in [1.29, 1.82) is 0 Å². The van der Waals surface area contributed by atoms with Gasteiger partial charge >= 0.3 is 5.69 Å². The molecule has 0 bridgehead atoms. The molecule has 0 saturated carbocycles. The smallest absolute Gasteiger partial charge is 0.329 e. The number of pyridine rings is 2. The molecule has 0 amide bonds. The lowest BCUT2D eigenvalue weighted by Crippen LogP contribution is -2.38. The van der Waals surface area contributed by atoms with E-state index in [2.05, 4.69) is 30.7 Å². The Morgan fingerprint density at radius 1 is 1.08 bits per heavy atom. The second-order valence-corrected chi connectivity index (χ2v) is 11.7. The van der Waals surface area contributed by atoms with Crippen molar-refractivity contribution >= 4 is 21.9 Å². The highest BCUT2D eigenvalue weighted by molar-refractivity contribution is 6.09. The zero-order chi connectivity index (χ0) is 27.1. The average molecular weight is 530 g/mol. The summed E-state index contributed by atoms with van der Waals surface area (Å²) in [6.07, 6.45) is 8.00. The number of imidazole rings is 1. The van der Waals surface area contributed by atoms with E-state index in [-0.39, 0.29) is 11.7 Å². The first-order valence-corrected chi connectivity index (χ1v) is 14.4. The predicted octanol–water partition coefficient (Wildman–Crippen LogP) is 5.67. The molecule has 206 valence electrons. The molecule has 8 heteroatoms. The van der Waals surface area contributed by atoms with Crippen LogP contribution in [-0.2, 0) is 6.54 Å². The number of piperidine rings is 1. The van der Waals surface area contributed by atoms with E-state index in [1.54, 1.807) is 0 Å². The SMILES string of the molecule is CC[C@H]1COc2c(-c3ccc(OCCCN4CCC(C)(C)CC4)nc3)ccc3ncc4c(c23)n1c(=O)n4CC. The molecule has 2 aliphatic heterocycles. The molecule has 8 nitrogen and oxygen atoms in total. The Labute approximate surface area is 229 Å². The number of benzene rings is 1. The standard InChI is InChI=1S/C31H39N5O3/c1-5-22-20-39-29-23(9-10-24-27(29)28-25(19-32-24)35(6-2)30(37)36(22)28)21-8-11-26(33-18-21)38-17-7-14-34-15-12-31(3,4)13-16-34/h8-11,18-19,22H,5-7,12-17,20H2,1-4H3/t22-/m0/s1. The van der Waals surface area contributed by atoms with Crippen LogP contribution in [0.15, 0.2) is 41.5 Å². The van der Waals surface area contributed by atoms with Crippen LogP contribution >= 0.6 is 0 Å². The van der Waals surface area contributed by atoms with Gasteiger partial charge < -0.3 is 14.4 Å². The van der Waals surface area contributed by atoms with Crippen LogP contribution in [-0.4, -0.2) is 56.9 Å². The minimum atomic E-state index is -0.0380. The molecule has 0 unspecified atom stereocenters. The lowest BCUT2D eigenvalue weighted by atomic mass is 9.83. The van der Waals surface area contributed by atoms with Gasteiger partial charge in [0.2, 0.25) is 5.88 Å². The lowest BCUT2D eigenvalue weighted by molar-refractivity contribution is 0.125. The molecule has 0 radical (unpaired) electrons. The van der Waals surface area contributed by atoms with Gasteiger partial charge in [0, 0.05) is 36.5 Å². The Kier molecular flexibility index (Phi) is 6.83. The van der Waals surface area contributed by atoms with Crippen LogP contribution in [0, 0.1) is 5.41 Å². The second kappa shape index (κ2) is 10.3. The van der Waals surface area contributed by atoms with E-state index in [1.807, 2.05) is 52.7 Å². The van der Waals surface area contributed by atoms with Crippen molar-refractivity contribution in [3.63, 3.8) is 0 Å². The monoisotopic (exact) mass is 529 g/mol. The van der Waals surface area contributed by atoms with Gasteiger partial charge in [0.15, 0.2) is 0 Å². The molecule has 0 aliphatic carbocycles. The van der Waals surface area contributed by atoms with Crippen molar-refractivity contribution in [2.24, 2.45) is 5.41 Å². The van der Waals surface area contributed by atoms with Gasteiger partial charge in [0.1, 0.15) is 12.4 Å². The van der Waals surface area contributed by atoms with Gasteiger partial charge in [0.25, 0.3) is 0 Å². The summed E-state index contributed by atoms with van der Waals surface area (Å²) in [4.78, 5) is 25.2. The normalized spacial score (nSPS) is 18.9. The van der Waals surface area contributed by atoms with Crippen molar-refractivity contribution in [1.82, 2.24) is 24.0 Å². The number of nitrogens with zero attached hydrogens (tertiary/aromatic N) is 5. The Bertz CT molecular complexity index is 1540. The Hall–Kier alpha value is -3.39. The zero-order valence-electron chi connectivity index (χ0n) is 23.6. The maximum Gasteiger partial charge on any atom is 0.329 e. The van der Waals surface area contributed by atoms with E-state index in [0.717, 1.165) is 58.2 Å². The molecule has 0 spiro atoms. The predicted molar refractivity (Wildman–Crippen MR) is 155 cm³/mol. The average Bonchev–Trinajstić information content (AvgIpc) is 3.11. The maximum atomic E-state index is 13.4. The van der Waals surface area contributed by atoms with Gasteiger partial charge in [0.05, 0.1) is 40.8 Å². The van der Waals surface area contributed by atoms with Crippen LogP contribution in [0.25, 0.3) is 33.1 Å². The fraction of sp³-hybridized carbons (Fsp3) is 0.516. The number of rotatable bonds is 8. The minimum Gasteiger partial charge on any atom is -0.490 e. The van der Waals surface area contributed by atoms with Gasteiger partial charge in [-0.05, 0) is 69.3 Å². The molecular weight excluding hydrogens is 490 g/mol. The van der Waals surface area contributed by atoms with Crippen LogP contribution in [0.5, 0.6) is 11.6 Å². The van der Waals surface area contributed by atoms with Gasteiger partial charge in [-0.15, -0.1) is 0 Å². The summed E-state index contributed by atoms with van der Waals surface area (Å²) in [6, 6.07) is 7.98. The highest BCUT2D eigenvalue weighted by atomic mass is 16.5. The number of aromatic nitrogens is 4. The Morgan fingerprint density at radius 3 is 2.62 bits per heavy atom. The van der Waals surface area contributed by atoms with Crippen molar-refractivity contribution < 1.29 is 9.47 Å². The first kappa shape index (κ1) is 25.9. The third-order valence-electron chi connectivity index (χ3n) is 8.61. The molecule has 5 heterocycles. The summed E-state index contributed by atoms with van der Waals surface area (Å²) in [5.41, 5.74) is 4.97. The van der Waals surface area contributed by atoms with E-state index >= 15 is 0 Å². The fourth-order valence-corrected chi connectivity index (χ4v) is 6.05. The Morgan fingerprint density at radius 2 is 1.90 bits per heavy atom. The van der Waals surface area contributed by atoms with Crippen LogP contribution in [0.2, 0.25) is 0 Å². The third-order valence-corrected chi connectivity index (χ3v) is 8.61. The van der Waals surface area contributed by atoms with E-state index in [0.29, 0.717) is 31.1 Å². The fourth-order valence-electron chi connectivity index (χ4n) is 6.05. The first-order valence-electron chi connectivity index (χ1n) is 14.4. The first-order chi connectivity index (χ1) is 18.9. The van der Waals surface area contributed by atoms with Crippen molar-refractivity contribution in [2.45, 2.75) is 66.0 Å². The topological polar surface area (TPSA) is 74.4 Å². The molecule has 6 rings (SSSR count). The summed E-state index contributed by atoms with van der Waals surface area (Å²) >= 11 is 0. The van der Waals surface area contributed by atoms with Crippen molar-refractivity contribution in [2.75, 3.05) is 32.8 Å². The second-order valence-electron chi connectivity index (χ2n) is 11.7. The molecule has 1 atom stereocenters. The molecule has 1 aromatic carbocycles. The minimum absolute atomic E-state index is 0.00259. The van der Waals surface area contributed by atoms with Crippen molar-refractivity contribution in [3.8, 4) is 22.8 Å². The lowest BCUT2D eigenvalue weighted by Gasteiger charge is -2.36. The van der Waals surface area contributed by atoms with E-state index in [1.165, 1.54) is 25.9 Å². The van der Waals surface area contributed by atoms with Crippen LogP contribution < -0.4 is 15.2 Å². The van der Waals surface area contributed by atoms with E-state index < -0.39 is 0 Å². The van der Waals surface area contributed by atoms with Gasteiger partial charge in [-0.2, -0.15) is 0 Å². The summed E-state index contributed by atoms with van der Waals surface area (Å²) in [7, 11) is 0. The molecule has 39 heavy (non-hydrogen) atoms. The number of ether oxygens (including phenoxy) is 2. The van der Waals surface area contributed by atoms with Crippen LogP contribution in [0.3, 0.4) is 0 Å². The quantitative estimate of drug-likeness (QED) is 0.274. The Balaban J connectivity index is 1.24. The van der Waals surface area contributed by atoms with Crippen LogP contribution in [0.1, 0.15) is 59.4 Å². The maximum absolute atomic E-state index is 13.4. The zero-order valence-corrected chi connectivity index (χ0v) is 23.6. The number of likely N-dealkylation sites (tertiary alicyclic amines) is 1. The molecular formula is C31H39N5O3. The number of aryl methyl sites for hydroxylation is 1. The third kappa shape index (κ3) is 4.69. The van der Waals surface area contributed by atoms with Gasteiger partial charge in [-0.3, -0.25) is 14.1 Å². The summed E-state index contributed by atoms with van der Waals surface area (Å²) in [6.45, 7) is 13.9. The van der Waals surface area contributed by atoms with Crippen molar-refractivity contribution in [3.05, 3.63) is 47.1 Å². The van der Waals surface area contributed by atoms with Gasteiger partial charge in [-0.1, -0.05) is 20.8 Å². The molecule has 2 aliphatic rings. The summed E-state index contributed by atoms with van der Waals surface area (Å²) < 4.78 is 16.2. The number of hydrogen-bond donors (Lipinski definition) is 0. The summed E-state index contributed by atoms with van der Waals surface area (Å²) in [5.74, 6) is 1.40. The molecule has 1 fully saturated rings. The summed E-state index contributed by atoms with van der Waals surface area (Å²) in [5, 5.41) is 0.895. The molecule has 3 aromatic heterocycles. The highest BCUT2D eigenvalue weighted by Crippen LogP contribution is 2.42. The van der Waals surface area contributed by atoms with Gasteiger partial charge in [-0.25, -0.2) is 9.78 Å². The molecule has 0 N–H and O–H groups in total.